The fourth-order valence-corrected chi connectivity index (χ4v) is 2.55. The van der Waals surface area contributed by atoms with Gasteiger partial charge in [-0.1, -0.05) is 13.0 Å². The highest BCUT2D eigenvalue weighted by molar-refractivity contribution is 6.52. The summed E-state index contributed by atoms with van der Waals surface area (Å²) in [5, 5.41) is 2.81. The SMILES string of the molecule is CCC(C)NC(=O)CN1C(=O)C(=O)c2cc(C)cc(C)c21. The number of ketones is 1. The number of fused-ring (bicyclic) bond motifs is 1. The van der Waals surface area contributed by atoms with Gasteiger partial charge in [0.15, 0.2) is 0 Å². The van der Waals surface area contributed by atoms with E-state index < -0.39 is 11.7 Å². The molecule has 1 N–H and O–H groups in total. The number of rotatable bonds is 4. The molecule has 0 saturated heterocycles. The third kappa shape index (κ3) is 2.82. The van der Waals surface area contributed by atoms with Gasteiger partial charge in [0.1, 0.15) is 6.54 Å². The van der Waals surface area contributed by atoms with Crippen LogP contribution < -0.4 is 10.2 Å². The smallest absolute Gasteiger partial charge is 0.299 e. The van der Waals surface area contributed by atoms with Gasteiger partial charge in [-0.15, -0.1) is 0 Å². The molecule has 1 atom stereocenters. The van der Waals surface area contributed by atoms with Crippen LogP contribution in [0.2, 0.25) is 0 Å². The van der Waals surface area contributed by atoms with Gasteiger partial charge in [0.25, 0.3) is 11.7 Å². The lowest BCUT2D eigenvalue weighted by Crippen LogP contribution is -2.43. The minimum Gasteiger partial charge on any atom is -0.352 e. The predicted octanol–water partition coefficient (Wildman–Crippen LogP) is 1.75. The molecule has 1 heterocycles. The molecule has 1 aromatic carbocycles. The summed E-state index contributed by atoms with van der Waals surface area (Å²) in [4.78, 5) is 37.4. The van der Waals surface area contributed by atoms with Crippen LogP contribution in [-0.4, -0.2) is 30.2 Å². The van der Waals surface area contributed by atoms with Gasteiger partial charge in [0.05, 0.1) is 11.3 Å². The molecular weight excluding hydrogens is 268 g/mol. The number of amides is 2. The van der Waals surface area contributed by atoms with E-state index in [2.05, 4.69) is 5.32 Å². The van der Waals surface area contributed by atoms with E-state index in [0.29, 0.717) is 11.3 Å². The normalized spacial score (nSPS) is 15.1. The first kappa shape index (κ1) is 15.2. The largest absolute Gasteiger partial charge is 0.352 e. The van der Waals surface area contributed by atoms with Crippen LogP contribution in [0.5, 0.6) is 0 Å². The highest BCUT2D eigenvalue weighted by Gasteiger charge is 2.38. The summed E-state index contributed by atoms with van der Waals surface area (Å²) in [5.41, 5.74) is 2.72. The molecule has 0 aromatic heterocycles. The van der Waals surface area contributed by atoms with Crippen molar-refractivity contribution < 1.29 is 14.4 Å². The molecular formula is C16H20N2O3. The molecule has 112 valence electrons. The van der Waals surface area contributed by atoms with Crippen LogP contribution in [0, 0.1) is 13.8 Å². The topological polar surface area (TPSA) is 66.5 Å². The molecule has 0 bridgehead atoms. The fraction of sp³-hybridized carbons (Fsp3) is 0.438. The Balaban J connectivity index is 2.29. The summed E-state index contributed by atoms with van der Waals surface area (Å²) < 4.78 is 0. The molecule has 2 amide bonds. The Hall–Kier alpha value is -2.17. The van der Waals surface area contributed by atoms with Crippen molar-refractivity contribution in [1.82, 2.24) is 5.32 Å². The first-order valence-corrected chi connectivity index (χ1v) is 7.12. The molecule has 1 aliphatic heterocycles. The molecule has 1 aliphatic rings. The molecule has 0 spiro atoms. The first-order chi connectivity index (χ1) is 9.85. The molecule has 1 aromatic rings. The van der Waals surface area contributed by atoms with E-state index >= 15 is 0 Å². The summed E-state index contributed by atoms with van der Waals surface area (Å²) in [6.45, 7) is 7.47. The number of hydrogen-bond donors (Lipinski definition) is 1. The van der Waals surface area contributed by atoms with Gasteiger partial charge in [0, 0.05) is 6.04 Å². The van der Waals surface area contributed by atoms with Gasteiger partial charge in [-0.3, -0.25) is 19.3 Å². The predicted molar refractivity (Wildman–Crippen MR) is 80.5 cm³/mol. The summed E-state index contributed by atoms with van der Waals surface area (Å²) >= 11 is 0. The molecule has 5 nitrogen and oxygen atoms in total. The van der Waals surface area contributed by atoms with Gasteiger partial charge >= 0.3 is 0 Å². The van der Waals surface area contributed by atoms with Crippen molar-refractivity contribution in [2.45, 2.75) is 40.2 Å². The third-order valence-electron chi connectivity index (χ3n) is 3.72. The van der Waals surface area contributed by atoms with E-state index in [0.717, 1.165) is 17.5 Å². The highest BCUT2D eigenvalue weighted by atomic mass is 16.2. The van der Waals surface area contributed by atoms with E-state index in [4.69, 9.17) is 0 Å². The molecule has 21 heavy (non-hydrogen) atoms. The van der Waals surface area contributed by atoms with E-state index in [-0.39, 0.29) is 18.5 Å². The molecule has 2 rings (SSSR count). The van der Waals surface area contributed by atoms with E-state index in [1.807, 2.05) is 33.8 Å². The van der Waals surface area contributed by atoms with Crippen LogP contribution in [0.1, 0.15) is 41.8 Å². The van der Waals surface area contributed by atoms with Gasteiger partial charge in [-0.05, 0) is 44.4 Å². The average molecular weight is 288 g/mol. The lowest BCUT2D eigenvalue weighted by atomic mass is 10.0. The van der Waals surface area contributed by atoms with Crippen molar-refractivity contribution in [2.24, 2.45) is 0 Å². The van der Waals surface area contributed by atoms with Crippen molar-refractivity contribution in [3.05, 3.63) is 28.8 Å². The second-order valence-electron chi connectivity index (χ2n) is 5.58. The van der Waals surface area contributed by atoms with Crippen LogP contribution in [0.15, 0.2) is 12.1 Å². The quantitative estimate of drug-likeness (QED) is 0.858. The number of benzene rings is 1. The maximum Gasteiger partial charge on any atom is 0.299 e. The van der Waals surface area contributed by atoms with Crippen molar-refractivity contribution in [3.63, 3.8) is 0 Å². The molecule has 0 fully saturated rings. The summed E-state index contributed by atoms with van der Waals surface area (Å²) in [7, 11) is 0. The van der Waals surface area contributed by atoms with Crippen LogP contribution in [-0.2, 0) is 9.59 Å². The average Bonchev–Trinajstić information content (AvgIpc) is 2.64. The van der Waals surface area contributed by atoms with Crippen LogP contribution in [0.3, 0.4) is 0 Å². The summed E-state index contributed by atoms with van der Waals surface area (Å²) in [6, 6.07) is 3.66. The van der Waals surface area contributed by atoms with Crippen LogP contribution in [0.25, 0.3) is 0 Å². The van der Waals surface area contributed by atoms with Gasteiger partial charge < -0.3 is 5.32 Å². The lowest BCUT2D eigenvalue weighted by molar-refractivity contribution is -0.122. The van der Waals surface area contributed by atoms with Gasteiger partial charge in [0.2, 0.25) is 5.91 Å². The highest BCUT2D eigenvalue weighted by Crippen LogP contribution is 2.33. The van der Waals surface area contributed by atoms with Crippen molar-refractivity contribution in [3.8, 4) is 0 Å². The Morgan fingerprint density at radius 1 is 1.29 bits per heavy atom. The maximum absolute atomic E-state index is 12.1. The lowest BCUT2D eigenvalue weighted by Gasteiger charge is -2.19. The Morgan fingerprint density at radius 3 is 2.57 bits per heavy atom. The number of aryl methyl sites for hydroxylation is 2. The Bertz CT molecular complexity index is 622. The minimum atomic E-state index is -0.627. The Kier molecular flexibility index (Phi) is 4.11. The minimum absolute atomic E-state index is 0.0458. The molecule has 0 radical (unpaired) electrons. The number of carbonyl (C=O) groups is 3. The van der Waals surface area contributed by atoms with Gasteiger partial charge in [-0.25, -0.2) is 0 Å². The van der Waals surface area contributed by atoms with Crippen LogP contribution >= 0.6 is 0 Å². The van der Waals surface area contributed by atoms with Crippen molar-refractivity contribution >= 4 is 23.3 Å². The second-order valence-corrected chi connectivity index (χ2v) is 5.58. The first-order valence-electron chi connectivity index (χ1n) is 7.12. The number of Topliss-reactive ketones (excluding diaryl/α,β-unsaturated/α-hetero) is 1. The molecule has 1 unspecified atom stereocenters. The number of anilines is 1. The third-order valence-corrected chi connectivity index (χ3v) is 3.72. The van der Waals surface area contributed by atoms with Crippen LogP contribution in [0.4, 0.5) is 5.69 Å². The van der Waals surface area contributed by atoms with E-state index in [1.54, 1.807) is 6.07 Å². The summed E-state index contributed by atoms with van der Waals surface area (Å²) in [6.07, 6.45) is 0.813. The second kappa shape index (κ2) is 5.68. The molecule has 5 heteroatoms. The monoisotopic (exact) mass is 288 g/mol. The van der Waals surface area contributed by atoms with E-state index in [9.17, 15) is 14.4 Å². The molecule has 0 saturated carbocycles. The zero-order valence-electron chi connectivity index (χ0n) is 12.8. The standard InChI is InChI=1S/C16H20N2O3/c1-5-11(4)17-13(19)8-18-14-10(3)6-9(2)7-12(14)15(20)16(18)21/h6-7,11H,5,8H2,1-4H3,(H,17,19). The Labute approximate surface area is 124 Å². The fourth-order valence-electron chi connectivity index (χ4n) is 2.55. The number of nitrogens with zero attached hydrogens (tertiary/aromatic N) is 1. The summed E-state index contributed by atoms with van der Waals surface area (Å²) in [5.74, 6) is -1.41. The number of nitrogens with one attached hydrogen (secondary N) is 1. The van der Waals surface area contributed by atoms with Crippen molar-refractivity contribution in [2.75, 3.05) is 11.4 Å². The van der Waals surface area contributed by atoms with Gasteiger partial charge in [-0.2, -0.15) is 0 Å². The zero-order chi connectivity index (χ0) is 15.7. The number of carbonyl (C=O) groups excluding carboxylic acids is 3. The van der Waals surface area contributed by atoms with Crippen molar-refractivity contribution in [1.29, 1.82) is 0 Å². The maximum atomic E-state index is 12.1. The molecule has 0 aliphatic carbocycles. The number of hydrogen-bond acceptors (Lipinski definition) is 3. The van der Waals surface area contributed by atoms with E-state index in [1.165, 1.54) is 4.90 Å². The zero-order valence-corrected chi connectivity index (χ0v) is 12.8. The Morgan fingerprint density at radius 2 is 1.95 bits per heavy atom.